The fourth-order valence-corrected chi connectivity index (χ4v) is 1.87. The van der Waals surface area contributed by atoms with Crippen molar-refractivity contribution in [1.82, 2.24) is 14.7 Å². The predicted octanol–water partition coefficient (Wildman–Crippen LogP) is 0.393. The number of aliphatic carboxylic acids is 2. The molecule has 0 radical (unpaired) electrons. The number of halogens is 1. The minimum absolute atomic E-state index is 0.319. The summed E-state index contributed by atoms with van der Waals surface area (Å²) in [5.74, 6) is -3.33. The van der Waals surface area contributed by atoms with Crippen LogP contribution in [-0.4, -0.2) is 55.8 Å². The van der Waals surface area contributed by atoms with Crippen LogP contribution < -0.4 is 0 Å². The van der Waals surface area contributed by atoms with Gasteiger partial charge in [0, 0.05) is 18.7 Å². The van der Waals surface area contributed by atoms with E-state index in [2.05, 4.69) is 5.10 Å². The van der Waals surface area contributed by atoms with Gasteiger partial charge >= 0.3 is 11.9 Å². The zero-order valence-corrected chi connectivity index (χ0v) is 12.2. The first kappa shape index (κ1) is 16.7. The van der Waals surface area contributed by atoms with E-state index in [1.54, 1.807) is 14.0 Å². The van der Waals surface area contributed by atoms with Gasteiger partial charge in [0.05, 0.1) is 5.69 Å². The van der Waals surface area contributed by atoms with E-state index in [1.165, 1.54) is 10.8 Å². The van der Waals surface area contributed by atoms with E-state index in [0.717, 1.165) is 6.08 Å². The Labute approximate surface area is 125 Å². The minimum Gasteiger partial charge on any atom is -0.480 e. The summed E-state index contributed by atoms with van der Waals surface area (Å²) in [6.45, 7) is 0.298. The molecule has 2 N–H and O–H groups in total. The third-order valence-electron chi connectivity index (χ3n) is 2.55. The first-order valence-corrected chi connectivity index (χ1v) is 6.19. The van der Waals surface area contributed by atoms with E-state index >= 15 is 0 Å². The summed E-state index contributed by atoms with van der Waals surface area (Å²) >= 11 is 5.98. The zero-order valence-electron chi connectivity index (χ0n) is 11.4. The highest BCUT2D eigenvalue weighted by atomic mass is 35.5. The number of rotatable bonds is 6. The topological polar surface area (TPSA) is 113 Å². The minimum atomic E-state index is -1.30. The molecule has 9 heteroatoms. The standard InChI is InChI=1S/C12H14ClN3O5/c1-7-8(12(13)15(2)14-7)3-4-9(17)16(5-10(18)19)6-11(20)21/h3-4H,5-6H2,1-2H3,(H,18,19)(H,20,21). The monoisotopic (exact) mass is 315 g/mol. The molecule has 0 fully saturated rings. The Balaban J connectivity index is 2.92. The van der Waals surface area contributed by atoms with Crippen molar-refractivity contribution < 1.29 is 24.6 Å². The number of hydrogen-bond acceptors (Lipinski definition) is 4. The summed E-state index contributed by atoms with van der Waals surface area (Å²) in [7, 11) is 1.63. The van der Waals surface area contributed by atoms with Crippen LogP contribution in [-0.2, 0) is 21.4 Å². The van der Waals surface area contributed by atoms with E-state index in [-0.39, 0.29) is 0 Å². The molecule has 8 nitrogen and oxygen atoms in total. The fourth-order valence-electron chi connectivity index (χ4n) is 1.63. The number of hydrogen-bond donors (Lipinski definition) is 2. The van der Waals surface area contributed by atoms with Crippen molar-refractivity contribution in [2.45, 2.75) is 6.92 Å². The summed E-state index contributed by atoms with van der Waals surface area (Å²) < 4.78 is 1.42. The van der Waals surface area contributed by atoms with Crippen molar-refractivity contribution in [3.63, 3.8) is 0 Å². The Morgan fingerprint density at radius 3 is 2.19 bits per heavy atom. The Hall–Kier alpha value is -2.35. The second-order valence-electron chi connectivity index (χ2n) is 4.23. The maximum Gasteiger partial charge on any atom is 0.323 e. The van der Waals surface area contributed by atoms with E-state index in [4.69, 9.17) is 21.8 Å². The molecule has 1 heterocycles. The largest absolute Gasteiger partial charge is 0.480 e. The number of aromatic nitrogens is 2. The van der Waals surface area contributed by atoms with E-state index in [0.29, 0.717) is 21.3 Å². The highest BCUT2D eigenvalue weighted by Crippen LogP contribution is 2.20. The van der Waals surface area contributed by atoms with Crippen LogP contribution in [0.1, 0.15) is 11.3 Å². The average molecular weight is 316 g/mol. The smallest absolute Gasteiger partial charge is 0.323 e. The predicted molar refractivity (Wildman–Crippen MR) is 73.8 cm³/mol. The molecule has 0 saturated carbocycles. The highest BCUT2D eigenvalue weighted by molar-refractivity contribution is 6.31. The summed E-state index contributed by atoms with van der Waals surface area (Å²) in [5, 5.41) is 21.7. The molecule has 1 amide bonds. The van der Waals surface area contributed by atoms with Crippen LogP contribution in [0.3, 0.4) is 0 Å². The molecular formula is C12H14ClN3O5. The van der Waals surface area contributed by atoms with Crippen LogP contribution in [0.2, 0.25) is 5.15 Å². The van der Waals surface area contributed by atoms with Gasteiger partial charge in [-0.25, -0.2) is 0 Å². The first-order valence-electron chi connectivity index (χ1n) is 5.82. The van der Waals surface area contributed by atoms with Crippen LogP contribution in [0.15, 0.2) is 6.08 Å². The highest BCUT2D eigenvalue weighted by Gasteiger charge is 2.18. The number of carboxylic acids is 2. The number of amides is 1. The Kier molecular flexibility index (Phi) is 5.48. The Morgan fingerprint density at radius 2 is 1.81 bits per heavy atom. The molecule has 0 unspecified atom stereocenters. The summed E-state index contributed by atoms with van der Waals surface area (Å²) in [4.78, 5) is 33.8. The number of carbonyl (C=O) groups excluding carboxylic acids is 1. The van der Waals surface area contributed by atoms with Crippen LogP contribution in [0.25, 0.3) is 6.08 Å². The molecule has 0 aliphatic rings. The zero-order chi connectivity index (χ0) is 16.2. The Morgan fingerprint density at radius 1 is 1.29 bits per heavy atom. The molecule has 0 bridgehead atoms. The molecule has 1 aromatic rings. The summed E-state index contributed by atoms with van der Waals surface area (Å²) in [6, 6.07) is 0. The third kappa shape index (κ3) is 4.60. The van der Waals surface area contributed by atoms with Crippen LogP contribution in [0, 0.1) is 6.92 Å². The van der Waals surface area contributed by atoms with Gasteiger partial charge in [0.2, 0.25) is 5.91 Å². The third-order valence-corrected chi connectivity index (χ3v) is 3.00. The first-order chi connectivity index (χ1) is 9.72. The normalized spacial score (nSPS) is 10.8. The summed E-state index contributed by atoms with van der Waals surface area (Å²) in [5.41, 5.74) is 1.10. The van der Waals surface area contributed by atoms with Gasteiger partial charge in [-0.15, -0.1) is 0 Å². The summed E-state index contributed by atoms with van der Waals surface area (Å²) in [6.07, 6.45) is 2.45. The van der Waals surface area contributed by atoms with Crippen molar-refractivity contribution >= 4 is 35.5 Å². The van der Waals surface area contributed by atoms with Crippen LogP contribution in [0.5, 0.6) is 0 Å². The van der Waals surface area contributed by atoms with Crippen molar-refractivity contribution in [3.05, 3.63) is 22.5 Å². The number of nitrogens with zero attached hydrogens (tertiary/aromatic N) is 3. The van der Waals surface area contributed by atoms with Gasteiger partial charge < -0.3 is 15.1 Å². The van der Waals surface area contributed by atoms with Gasteiger partial charge in [-0.3, -0.25) is 19.1 Å². The number of carboxylic acid groups (broad SMARTS) is 2. The molecule has 114 valence electrons. The van der Waals surface area contributed by atoms with Gasteiger partial charge in [0.15, 0.2) is 0 Å². The van der Waals surface area contributed by atoms with Crippen molar-refractivity contribution in [3.8, 4) is 0 Å². The van der Waals surface area contributed by atoms with E-state index < -0.39 is 30.9 Å². The van der Waals surface area contributed by atoms with Gasteiger partial charge in [-0.2, -0.15) is 5.10 Å². The lowest BCUT2D eigenvalue weighted by molar-refractivity contribution is -0.147. The molecule has 0 aromatic carbocycles. The lowest BCUT2D eigenvalue weighted by Crippen LogP contribution is -2.38. The SMILES string of the molecule is Cc1nn(C)c(Cl)c1C=CC(=O)N(CC(=O)O)CC(=O)O. The molecule has 0 aliphatic heterocycles. The quantitative estimate of drug-likeness (QED) is 0.734. The number of aryl methyl sites for hydroxylation is 2. The molecular weight excluding hydrogens is 302 g/mol. The molecule has 1 rings (SSSR count). The molecule has 0 saturated heterocycles. The molecule has 1 aromatic heterocycles. The van der Waals surface area contributed by atoms with E-state index in [1.807, 2.05) is 0 Å². The van der Waals surface area contributed by atoms with Gasteiger partial charge in [0.1, 0.15) is 18.2 Å². The molecule has 21 heavy (non-hydrogen) atoms. The molecule has 0 aliphatic carbocycles. The van der Waals surface area contributed by atoms with Gasteiger partial charge in [0.25, 0.3) is 0 Å². The van der Waals surface area contributed by atoms with Crippen molar-refractivity contribution in [1.29, 1.82) is 0 Å². The maximum atomic E-state index is 11.9. The van der Waals surface area contributed by atoms with Gasteiger partial charge in [-0.1, -0.05) is 11.6 Å². The lowest BCUT2D eigenvalue weighted by Gasteiger charge is -2.16. The van der Waals surface area contributed by atoms with Gasteiger partial charge in [-0.05, 0) is 13.0 Å². The van der Waals surface area contributed by atoms with Crippen molar-refractivity contribution in [2.24, 2.45) is 7.05 Å². The van der Waals surface area contributed by atoms with Crippen LogP contribution >= 0.6 is 11.6 Å². The Bertz CT molecular complexity index is 592. The second kappa shape index (κ2) is 6.89. The second-order valence-corrected chi connectivity index (χ2v) is 4.59. The number of carbonyl (C=O) groups is 3. The molecule has 0 atom stereocenters. The molecule has 0 spiro atoms. The maximum absolute atomic E-state index is 11.9. The lowest BCUT2D eigenvalue weighted by atomic mass is 10.2. The van der Waals surface area contributed by atoms with Crippen LogP contribution in [0.4, 0.5) is 0 Å². The van der Waals surface area contributed by atoms with Crippen molar-refractivity contribution in [2.75, 3.05) is 13.1 Å². The fraction of sp³-hybridized carbons (Fsp3) is 0.333. The van der Waals surface area contributed by atoms with E-state index in [9.17, 15) is 14.4 Å². The average Bonchev–Trinajstić information content (AvgIpc) is 2.59.